The lowest BCUT2D eigenvalue weighted by molar-refractivity contribution is 0.586. The van der Waals surface area contributed by atoms with E-state index < -0.39 is 15.8 Å². The van der Waals surface area contributed by atoms with Gasteiger partial charge in [0.2, 0.25) is 0 Å². The third kappa shape index (κ3) is 2.30. The first-order valence-electron chi connectivity index (χ1n) is 6.26. The molecule has 1 aliphatic heterocycles. The number of benzene rings is 2. The van der Waals surface area contributed by atoms with Crippen LogP contribution in [-0.2, 0) is 16.4 Å². The fraction of sp³-hybridized carbons (Fsp3) is 0.143. The number of fused-ring (bicyclic) bond motifs is 1. The highest BCUT2D eigenvalue weighted by Crippen LogP contribution is 2.37. The smallest absolute Gasteiger partial charge is 0.264 e. The summed E-state index contributed by atoms with van der Waals surface area (Å²) in [5, 5.41) is 0. The van der Waals surface area contributed by atoms with Crippen LogP contribution >= 0.6 is 15.9 Å². The van der Waals surface area contributed by atoms with Gasteiger partial charge in [-0.25, -0.2) is 12.8 Å². The van der Waals surface area contributed by atoms with E-state index in [9.17, 15) is 12.8 Å². The van der Waals surface area contributed by atoms with Gasteiger partial charge in [-0.15, -0.1) is 0 Å². The molecule has 4 nitrogen and oxygen atoms in total. The van der Waals surface area contributed by atoms with Gasteiger partial charge in [0.25, 0.3) is 10.0 Å². The lowest BCUT2D eigenvalue weighted by Gasteiger charge is -2.21. The normalized spacial score (nSPS) is 14.3. The number of nitrogen functional groups attached to an aromatic ring is 1. The Morgan fingerprint density at radius 3 is 2.71 bits per heavy atom. The molecule has 0 amide bonds. The molecule has 0 saturated carbocycles. The highest BCUT2D eigenvalue weighted by molar-refractivity contribution is 9.10. The molecule has 1 aliphatic rings. The van der Waals surface area contributed by atoms with Gasteiger partial charge in [-0.3, -0.25) is 4.31 Å². The number of para-hydroxylation sites is 1. The molecular formula is C14H12BrFN2O2S. The Morgan fingerprint density at radius 2 is 2.00 bits per heavy atom. The predicted molar refractivity (Wildman–Crippen MR) is 83.2 cm³/mol. The maximum Gasteiger partial charge on any atom is 0.264 e. The van der Waals surface area contributed by atoms with Crippen molar-refractivity contribution in [1.29, 1.82) is 0 Å². The van der Waals surface area contributed by atoms with Crippen molar-refractivity contribution in [3.63, 3.8) is 0 Å². The third-order valence-electron chi connectivity index (χ3n) is 3.46. The Bertz CT molecular complexity index is 824. The summed E-state index contributed by atoms with van der Waals surface area (Å²) in [6.07, 6.45) is 0.596. The molecule has 0 bridgehead atoms. The summed E-state index contributed by atoms with van der Waals surface area (Å²) in [7, 11) is -3.82. The lowest BCUT2D eigenvalue weighted by atomic mass is 10.1. The molecular weight excluding hydrogens is 359 g/mol. The molecule has 0 fully saturated rings. The van der Waals surface area contributed by atoms with Gasteiger partial charge in [0, 0.05) is 6.54 Å². The fourth-order valence-corrected chi connectivity index (χ4v) is 4.24. The molecule has 0 atom stereocenters. The van der Waals surface area contributed by atoms with Crippen molar-refractivity contribution in [2.24, 2.45) is 0 Å². The van der Waals surface area contributed by atoms with E-state index in [2.05, 4.69) is 15.9 Å². The van der Waals surface area contributed by atoms with Crippen molar-refractivity contribution < 1.29 is 12.8 Å². The van der Waals surface area contributed by atoms with Gasteiger partial charge in [0.1, 0.15) is 5.82 Å². The minimum Gasteiger partial charge on any atom is -0.397 e. The third-order valence-corrected chi connectivity index (χ3v) is 5.90. The molecule has 1 heterocycles. The molecule has 7 heteroatoms. The Kier molecular flexibility index (Phi) is 3.41. The summed E-state index contributed by atoms with van der Waals surface area (Å²) in [6.45, 7) is 0.309. The van der Waals surface area contributed by atoms with Crippen LogP contribution in [0.5, 0.6) is 0 Å². The zero-order chi connectivity index (χ0) is 15.2. The molecule has 0 saturated heterocycles. The number of nitrogens with two attached hydrogens (primary N) is 1. The largest absolute Gasteiger partial charge is 0.397 e. The maximum atomic E-state index is 13.6. The number of hydrogen-bond donors (Lipinski definition) is 1. The number of hydrogen-bond acceptors (Lipinski definition) is 3. The second-order valence-electron chi connectivity index (χ2n) is 4.76. The van der Waals surface area contributed by atoms with Crippen molar-refractivity contribution in [3.05, 3.63) is 52.3 Å². The van der Waals surface area contributed by atoms with E-state index in [1.807, 2.05) is 6.07 Å². The van der Waals surface area contributed by atoms with Crippen LogP contribution in [0, 0.1) is 5.82 Å². The average molecular weight is 371 g/mol. The fourth-order valence-electron chi connectivity index (χ4n) is 2.46. The molecule has 0 spiro atoms. The van der Waals surface area contributed by atoms with Crippen molar-refractivity contribution >= 4 is 37.3 Å². The number of anilines is 2. The van der Waals surface area contributed by atoms with Crippen LogP contribution in [0.25, 0.3) is 0 Å². The van der Waals surface area contributed by atoms with Crippen LogP contribution in [-0.4, -0.2) is 15.0 Å². The Hall–Kier alpha value is -1.60. The second-order valence-corrected chi connectivity index (χ2v) is 7.47. The van der Waals surface area contributed by atoms with Crippen LogP contribution in [0.4, 0.5) is 15.8 Å². The molecule has 3 rings (SSSR count). The van der Waals surface area contributed by atoms with Gasteiger partial charge in [0.05, 0.1) is 20.7 Å². The summed E-state index contributed by atoms with van der Waals surface area (Å²) in [5.41, 5.74) is 7.70. The summed E-state index contributed by atoms with van der Waals surface area (Å²) in [6, 6.07) is 9.07. The quantitative estimate of drug-likeness (QED) is 0.826. The molecule has 0 unspecified atom stereocenters. The Morgan fingerprint density at radius 1 is 1.24 bits per heavy atom. The van der Waals surface area contributed by atoms with Crippen LogP contribution in [0.2, 0.25) is 0 Å². The van der Waals surface area contributed by atoms with Gasteiger partial charge in [-0.2, -0.15) is 0 Å². The summed E-state index contributed by atoms with van der Waals surface area (Å²) >= 11 is 3.01. The van der Waals surface area contributed by atoms with E-state index in [1.54, 1.807) is 12.1 Å². The van der Waals surface area contributed by atoms with E-state index in [4.69, 9.17) is 5.73 Å². The lowest BCUT2D eigenvalue weighted by Crippen LogP contribution is -2.29. The monoisotopic (exact) mass is 370 g/mol. The zero-order valence-corrected chi connectivity index (χ0v) is 13.3. The Balaban J connectivity index is 2.11. The van der Waals surface area contributed by atoms with Crippen molar-refractivity contribution in [2.45, 2.75) is 11.3 Å². The standard InChI is InChI=1S/C14H12BrFN2O2S/c15-11-5-4-10(8-12(11)16)21(19,20)18-7-6-9-2-1-3-13(17)14(9)18/h1-5,8H,6-7,17H2. The molecule has 21 heavy (non-hydrogen) atoms. The molecule has 2 aromatic carbocycles. The predicted octanol–water partition coefficient (Wildman–Crippen LogP) is 2.92. The zero-order valence-electron chi connectivity index (χ0n) is 10.9. The van der Waals surface area contributed by atoms with Crippen molar-refractivity contribution in [2.75, 3.05) is 16.6 Å². The van der Waals surface area contributed by atoms with Gasteiger partial charge < -0.3 is 5.73 Å². The first kappa shape index (κ1) is 14.3. The van der Waals surface area contributed by atoms with E-state index in [0.29, 0.717) is 24.3 Å². The van der Waals surface area contributed by atoms with E-state index in [-0.39, 0.29) is 9.37 Å². The molecule has 0 aliphatic carbocycles. The summed E-state index contributed by atoms with van der Waals surface area (Å²) in [4.78, 5) is -0.0840. The first-order chi connectivity index (χ1) is 9.91. The van der Waals surface area contributed by atoms with Gasteiger partial charge in [-0.1, -0.05) is 12.1 Å². The number of halogens is 2. The van der Waals surface area contributed by atoms with Crippen LogP contribution < -0.4 is 10.0 Å². The van der Waals surface area contributed by atoms with Gasteiger partial charge in [0.15, 0.2) is 0 Å². The van der Waals surface area contributed by atoms with Crippen LogP contribution in [0.1, 0.15) is 5.56 Å². The molecule has 0 aromatic heterocycles. The molecule has 2 N–H and O–H groups in total. The van der Waals surface area contributed by atoms with Gasteiger partial charge >= 0.3 is 0 Å². The first-order valence-corrected chi connectivity index (χ1v) is 8.50. The highest BCUT2D eigenvalue weighted by Gasteiger charge is 2.32. The van der Waals surface area contributed by atoms with E-state index in [1.165, 1.54) is 16.4 Å². The second kappa shape index (κ2) is 4.99. The maximum absolute atomic E-state index is 13.6. The minimum atomic E-state index is -3.82. The van der Waals surface area contributed by atoms with Crippen LogP contribution in [0.3, 0.4) is 0 Å². The summed E-state index contributed by atoms with van der Waals surface area (Å²) < 4.78 is 40.5. The summed E-state index contributed by atoms with van der Waals surface area (Å²) in [5.74, 6) is -0.614. The molecule has 110 valence electrons. The Labute approximate surface area is 130 Å². The van der Waals surface area contributed by atoms with Crippen molar-refractivity contribution in [1.82, 2.24) is 0 Å². The number of rotatable bonds is 2. The molecule has 2 aromatic rings. The molecule has 0 radical (unpaired) electrons. The topological polar surface area (TPSA) is 63.4 Å². The van der Waals surface area contributed by atoms with E-state index >= 15 is 0 Å². The van der Waals surface area contributed by atoms with E-state index in [0.717, 1.165) is 11.6 Å². The SMILES string of the molecule is Nc1cccc2c1N(S(=O)(=O)c1ccc(Br)c(F)c1)CC2. The van der Waals surface area contributed by atoms with Crippen LogP contribution in [0.15, 0.2) is 45.8 Å². The number of sulfonamides is 1. The highest BCUT2D eigenvalue weighted by atomic mass is 79.9. The number of nitrogens with zero attached hydrogens (tertiary/aromatic N) is 1. The van der Waals surface area contributed by atoms with Gasteiger partial charge in [-0.05, 0) is 52.2 Å². The minimum absolute atomic E-state index is 0.0840. The van der Waals surface area contributed by atoms with Crippen molar-refractivity contribution in [3.8, 4) is 0 Å². The average Bonchev–Trinajstić information content (AvgIpc) is 2.88.